The van der Waals surface area contributed by atoms with Crippen molar-refractivity contribution in [1.82, 2.24) is 20.4 Å². The van der Waals surface area contributed by atoms with Crippen molar-refractivity contribution in [3.63, 3.8) is 0 Å². The average molecular weight is 436 g/mol. The van der Waals surface area contributed by atoms with E-state index in [1.54, 1.807) is 25.1 Å². The highest BCUT2D eigenvalue weighted by atomic mass is 19.1. The SMILES string of the molecule is Cc1ccc(-c2noc(CCCN3C(=O)NC4(CCOc5ccccc54)C3=O)n2)cc1F. The fourth-order valence-corrected chi connectivity index (χ4v) is 4.17. The molecule has 1 aromatic heterocycles. The topological polar surface area (TPSA) is 97.6 Å². The van der Waals surface area contributed by atoms with Crippen LogP contribution >= 0.6 is 0 Å². The van der Waals surface area contributed by atoms with Gasteiger partial charge in [0.05, 0.1) is 6.61 Å². The molecule has 1 spiro atoms. The van der Waals surface area contributed by atoms with Crippen LogP contribution in [-0.2, 0) is 16.8 Å². The molecule has 2 aliphatic heterocycles. The fourth-order valence-electron chi connectivity index (χ4n) is 4.17. The second-order valence-electron chi connectivity index (χ2n) is 7.97. The van der Waals surface area contributed by atoms with Gasteiger partial charge in [0, 0.05) is 30.5 Å². The lowest BCUT2D eigenvalue weighted by Gasteiger charge is -2.33. The molecule has 1 unspecified atom stereocenters. The van der Waals surface area contributed by atoms with Crippen molar-refractivity contribution in [3.8, 4) is 17.1 Å². The summed E-state index contributed by atoms with van der Waals surface area (Å²) in [5, 5.41) is 6.78. The Morgan fingerprint density at radius 3 is 2.91 bits per heavy atom. The maximum atomic E-state index is 13.8. The van der Waals surface area contributed by atoms with Crippen LogP contribution in [0.25, 0.3) is 11.4 Å². The van der Waals surface area contributed by atoms with Crippen LogP contribution < -0.4 is 10.1 Å². The van der Waals surface area contributed by atoms with Crippen LogP contribution in [0.5, 0.6) is 5.75 Å². The number of hydrogen-bond acceptors (Lipinski definition) is 6. The summed E-state index contributed by atoms with van der Waals surface area (Å²) in [5.41, 5.74) is 0.659. The summed E-state index contributed by atoms with van der Waals surface area (Å²) in [6.07, 6.45) is 1.22. The molecule has 5 rings (SSSR count). The van der Waals surface area contributed by atoms with Crippen molar-refractivity contribution < 1.29 is 23.2 Å². The second kappa shape index (κ2) is 7.74. The molecule has 1 atom stereocenters. The van der Waals surface area contributed by atoms with Gasteiger partial charge in [-0.2, -0.15) is 4.98 Å². The number of aromatic nitrogens is 2. The second-order valence-corrected chi connectivity index (χ2v) is 7.97. The minimum atomic E-state index is -1.08. The Morgan fingerprint density at radius 1 is 1.22 bits per heavy atom. The van der Waals surface area contributed by atoms with Gasteiger partial charge in [0.1, 0.15) is 11.6 Å². The van der Waals surface area contributed by atoms with E-state index in [9.17, 15) is 14.0 Å². The van der Waals surface area contributed by atoms with E-state index in [0.29, 0.717) is 60.0 Å². The van der Waals surface area contributed by atoms with Gasteiger partial charge in [0.15, 0.2) is 5.54 Å². The summed E-state index contributed by atoms with van der Waals surface area (Å²) in [6.45, 7) is 2.24. The summed E-state index contributed by atoms with van der Waals surface area (Å²) in [7, 11) is 0. The summed E-state index contributed by atoms with van der Waals surface area (Å²) >= 11 is 0. The van der Waals surface area contributed by atoms with Gasteiger partial charge in [0.25, 0.3) is 5.91 Å². The lowest BCUT2D eigenvalue weighted by Crippen LogP contribution is -2.47. The van der Waals surface area contributed by atoms with Crippen LogP contribution in [0.2, 0.25) is 0 Å². The van der Waals surface area contributed by atoms with Crippen LogP contribution in [0.1, 0.15) is 29.9 Å². The van der Waals surface area contributed by atoms with E-state index in [0.717, 1.165) is 0 Å². The standard InChI is InChI=1S/C23H21FN4O4/c1-14-8-9-15(13-17(14)24)20-25-19(32-27-20)7-4-11-28-21(29)23(26-22(28)30)10-12-31-18-6-3-2-5-16(18)23/h2-3,5-6,8-9,13H,4,7,10-12H2,1H3,(H,26,30). The number of nitrogens with zero attached hydrogens (tertiary/aromatic N) is 3. The van der Waals surface area contributed by atoms with Gasteiger partial charge < -0.3 is 14.6 Å². The van der Waals surface area contributed by atoms with Crippen molar-refractivity contribution in [2.45, 2.75) is 31.7 Å². The van der Waals surface area contributed by atoms with Gasteiger partial charge >= 0.3 is 6.03 Å². The first-order valence-electron chi connectivity index (χ1n) is 10.4. The molecule has 9 heteroatoms. The Hall–Kier alpha value is -3.75. The Labute approximate surface area is 183 Å². The van der Waals surface area contributed by atoms with Crippen LogP contribution in [-0.4, -0.2) is 40.1 Å². The number of rotatable bonds is 5. The Balaban J connectivity index is 1.26. The summed E-state index contributed by atoms with van der Waals surface area (Å²) in [5.74, 6) is 0.654. The van der Waals surface area contributed by atoms with Gasteiger partial charge in [-0.15, -0.1) is 0 Å². The van der Waals surface area contributed by atoms with Crippen molar-refractivity contribution in [3.05, 3.63) is 65.3 Å². The maximum Gasteiger partial charge on any atom is 0.325 e. The highest BCUT2D eigenvalue weighted by molar-refractivity contribution is 6.07. The number of carbonyl (C=O) groups excluding carboxylic acids is 2. The molecular formula is C23H21FN4O4. The van der Waals surface area contributed by atoms with E-state index in [4.69, 9.17) is 9.26 Å². The first-order chi connectivity index (χ1) is 15.5. The number of imide groups is 1. The van der Waals surface area contributed by atoms with Crippen LogP contribution in [0.3, 0.4) is 0 Å². The number of para-hydroxylation sites is 1. The van der Waals surface area contributed by atoms with Crippen molar-refractivity contribution in [1.29, 1.82) is 0 Å². The van der Waals surface area contributed by atoms with Crippen molar-refractivity contribution >= 4 is 11.9 Å². The molecule has 1 N–H and O–H groups in total. The third kappa shape index (κ3) is 3.30. The number of aryl methyl sites for hydroxylation is 2. The van der Waals surface area contributed by atoms with Gasteiger partial charge in [-0.1, -0.05) is 35.5 Å². The molecule has 3 heterocycles. The summed E-state index contributed by atoms with van der Waals surface area (Å²) < 4.78 is 24.7. The third-order valence-electron chi connectivity index (χ3n) is 5.93. The number of ether oxygens (including phenoxy) is 1. The highest BCUT2D eigenvalue weighted by Crippen LogP contribution is 2.41. The molecule has 2 aliphatic rings. The zero-order chi connectivity index (χ0) is 22.3. The molecule has 3 amide bonds. The number of amides is 3. The Morgan fingerprint density at radius 2 is 2.06 bits per heavy atom. The van der Waals surface area contributed by atoms with Crippen molar-refractivity contribution in [2.75, 3.05) is 13.2 Å². The zero-order valence-electron chi connectivity index (χ0n) is 17.4. The van der Waals surface area contributed by atoms with E-state index in [1.165, 1.54) is 11.0 Å². The smallest absolute Gasteiger partial charge is 0.325 e. The largest absolute Gasteiger partial charge is 0.493 e. The zero-order valence-corrected chi connectivity index (χ0v) is 17.4. The Kier molecular flexibility index (Phi) is 4.88. The monoisotopic (exact) mass is 436 g/mol. The number of urea groups is 1. The quantitative estimate of drug-likeness (QED) is 0.616. The molecule has 1 saturated heterocycles. The van der Waals surface area contributed by atoms with Gasteiger partial charge in [-0.05, 0) is 31.0 Å². The summed E-state index contributed by atoms with van der Waals surface area (Å²) in [6, 6.07) is 11.6. The van der Waals surface area contributed by atoms with E-state index in [1.807, 2.05) is 18.2 Å². The normalized spacial score (nSPS) is 19.8. The minimum absolute atomic E-state index is 0.215. The predicted molar refractivity (Wildman–Crippen MR) is 111 cm³/mol. The van der Waals surface area contributed by atoms with Crippen LogP contribution in [0, 0.1) is 12.7 Å². The number of benzene rings is 2. The van der Waals surface area contributed by atoms with Gasteiger partial charge in [0.2, 0.25) is 11.7 Å². The number of halogens is 1. The molecule has 2 aromatic carbocycles. The first kappa shape index (κ1) is 20.2. The highest BCUT2D eigenvalue weighted by Gasteiger charge is 2.54. The van der Waals surface area contributed by atoms with Gasteiger partial charge in [-0.25, -0.2) is 9.18 Å². The summed E-state index contributed by atoms with van der Waals surface area (Å²) in [4.78, 5) is 31.4. The first-order valence-corrected chi connectivity index (χ1v) is 10.4. The van der Waals surface area contributed by atoms with Gasteiger partial charge in [-0.3, -0.25) is 9.69 Å². The third-order valence-corrected chi connectivity index (χ3v) is 5.93. The number of fused-ring (bicyclic) bond motifs is 2. The molecular weight excluding hydrogens is 415 g/mol. The molecule has 0 bridgehead atoms. The van der Waals surface area contributed by atoms with Crippen LogP contribution in [0.15, 0.2) is 47.0 Å². The molecule has 164 valence electrons. The molecule has 0 saturated carbocycles. The van der Waals surface area contributed by atoms with E-state index in [-0.39, 0.29) is 18.3 Å². The number of hydrogen-bond donors (Lipinski definition) is 1. The molecule has 0 radical (unpaired) electrons. The van der Waals surface area contributed by atoms with Crippen LogP contribution in [0.4, 0.5) is 9.18 Å². The van der Waals surface area contributed by atoms with E-state index < -0.39 is 11.6 Å². The number of carbonyl (C=O) groups is 2. The molecule has 8 nitrogen and oxygen atoms in total. The maximum absolute atomic E-state index is 13.8. The fraction of sp³-hybridized carbons (Fsp3) is 0.304. The average Bonchev–Trinajstić information content (AvgIpc) is 3.35. The van der Waals surface area contributed by atoms with E-state index in [2.05, 4.69) is 15.5 Å². The van der Waals surface area contributed by atoms with E-state index >= 15 is 0 Å². The molecule has 32 heavy (non-hydrogen) atoms. The molecule has 3 aromatic rings. The Bertz CT molecular complexity index is 1210. The number of nitrogens with one attached hydrogen (secondary N) is 1. The minimum Gasteiger partial charge on any atom is -0.493 e. The molecule has 1 fully saturated rings. The molecule has 0 aliphatic carbocycles. The predicted octanol–water partition coefficient (Wildman–Crippen LogP) is 3.35. The lowest BCUT2D eigenvalue weighted by molar-refractivity contribution is -0.132. The van der Waals surface area contributed by atoms with Crippen molar-refractivity contribution in [2.24, 2.45) is 0 Å². The lowest BCUT2D eigenvalue weighted by atomic mass is 9.84.